The molecule has 6 nitrogen and oxygen atoms in total. The molecule has 0 aliphatic carbocycles. The van der Waals surface area contributed by atoms with E-state index in [1.54, 1.807) is 29.4 Å². The fraction of sp³-hybridized carbons (Fsp3) is 0.300. The van der Waals surface area contributed by atoms with Gasteiger partial charge in [0.1, 0.15) is 11.5 Å². The molecular weight excluding hydrogens is 334 g/mol. The minimum absolute atomic E-state index is 0.125. The fourth-order valence-electron chi connectivity index (χ4n) is 2.30. The van der Waals surface area contributed by atoms with Crippen LogP contribution in [-0.4, -0.2) is 37.0 Å². The molecule has 0 saturated heterocycles. The van der Waals surface area contributed by atoms with Gasteiger partial charge in [-0.1, -0.05) is 12.1 Å². The van der Waals surface area contributed by atoms with Gasteiger partial charge in [-0.3, -0.25) is 9.59 Å². The van der Waals surface area contributed by atoms with Gasteiger partial charge in [-0.2, -0.15) is 0 Å². The molecule has 138 valence electrons. The van der Waals surface area contributed by atoms with Crippen LogP contribution in [0.2, 0.25) is 0 Å². The van der Waals surface area contributed by atoms with Gasteiger partial charge in [0.15, 0.2) is 0 Å². The Morgan fingerprint density at radius 2 is 1.96 bits per heavy atom. The molecule has 1 aromatic heterocycles. The third-order valence-corrected chi connectivity index (χ3v) is 3.66. The van der Waals surface area contributed by atoms with Gasteiger partial charge >= 0.3 is 5.97 Å². The summed E-state index contributed by atoms with van der Waals surface area (Å²) < 4.78 is 15.3. The minimum atomic E-state index is -0.363. The zero-order valence-corrected chi connectivity index (χ0v) is 15.0. The van der Waals surface area contributed by atoms with Gasteiger partial charge in [0, 0.05) is 12.6 Å². The van der Waals surface area contributed by atoms with Gasteiger partial charge in [-0.25, -0.2) is 0 Å². The smallest absolute Gasteiger partial charge is 0.307 e. The second-order valence-corrected chi connectivity index (χ2v) is 5.50. The van der Waals surface area contributed by atoms with Crippen molar-refractivity contribution in [3.8, 4) is 5.75 Å². The molecule has 1 aromatic carbocycles. The summed E-state index contributed by atoms with van der Waals surface area (Å²) in [5, 5.41) is 0. The first-order chi connectivity index (χ1) is 12.6. The van der Waals surface area contributed by atoms with E-state index in [0.29, 0.717) is 12.4 Å². The average molecular weight is 357 g/mol. The molecule has 0 aliphatic heterocycles. The Morgan fingerprint density at radius 1 is 1.19 bits per heavy atom. The predicted octanol–water partition coefficient (Wildman–Crippen LogP) is 3.28. The molecule has 2 aromatic rings. The SMILES string of the molecule is CCOc1ccc(/C=C/C(=O)N(CCC(=O)OC)Cc2ccco2)cc1. The Morgan fingerprint density at radius 3 is 2.58 bits per heavy atom. The van der Waals surface area contributed by atoms with Crippen molar-refractivity contribution in [3.63, 3.8) is 0 Å². The topological polar surface area (TPSA) is 69.0 Å². The summed E-state index contributed by atoms with van der Waals surface area (Å²) in [5.74, 6) is 0.864. The highest BCUT2D eigenvalue weighted by molar-refractivity contribution is 5.92. The van der Waals surface area contributed by atoms with Gasteiger partial charge in [0.25, 0.3) is 0 Å². The number of carbonyl (C=O) groups excluding carboxylic acids is 2. The Kier molecular flexibility index (Phi) is 7.49. The highest BCUT2D eigenvalue weighted by atomic mass is 16.5. The highest BCUT2D eigenvalue weighted by Crippen LogP contribution is 2.14. The summed E-state index contributed by atoms with van der Waals surface area (Å²) in [6.07, 6.45) is 4.88. The van der Waals surface area contributed by atoms with Crippen LogP contribution < -0.4 is 4.74 Å². The van der Waals surface area contributed by atoms with Crippen molar-refractivity contribution in [1.29, 1.82) is 0 Å². The number of carbonyl (C=O) groups is 2. The zero-order valence-electron chi connectivity index (χ0n) is 15.0. The zero-order chi connectivity index (χ0) is 18.8. The number of hydrogen-bond donors (Lipinski definition) is 0. The molecule has 0 fully saturated rings. The molecule has 0 radical (unpaired) electrons. The summed E-state index contributed by atoms with van der Waals surface area (Å²) in [6, 6.07) is 11.0. The van der Waals surface area contributed by atoms with Gasteiger partial charge in [-0.15, -0.1) is 0 Å². The molecular formula is C20H23NO5. The lowest BCUT2D eigenvalue weighted by Crippen LogP contribution is -2.31. The molecule has 0 N–H and O–H groups in total. The van der Waals surface area contributed by atoms with E-state index in [2.05, 4.69) is 4.74 Å². The van der Waals surface area contributed by atoms with Crippen LogP contribution in [0.1, 0.15) is 24.7 Å². The number of ether oxygens (including phenoxy) is 2. The van der Waals surface area contributed by atoms with E-state index in [4.69, 9.17) is 9.15 Å². The Balaban J connectivity index is 2.02. The molecule has 0 spiro atoms. The van der Waals surface area contributed by atoms with Gasteiger partial charge < -0.3 is 18.8 Å². The molecule has 0 bridgehead atoms. The predicted molar refractivity (Wildman–Crippen MR) is 97.4 cm³/mol. The van der Waals surface area contributed by atoms with E-state index in [-0.39, 0.29) is 31.4 Å². The molecule has 0 saturated carbocycles. The Bertz CT molecular complexity index is 719. The summed E-state index contributed by atoms with van der Waals surface area (Å²) in [7, 11) is 1.33. The number of benzene rings is 1. The van der Waals surface area contributed by atoms with Crippen LogP contribution in [0.5, 0.6) is 5.75 Å². The number of hydrogen-bond acceptors (Lipinski definition) is 5. The maximum atomic E-state index is 12.5. The van der Waals surface area contributed by atoms with Crippen LogP contribution >= 0.6 is 0 Å². The lowest BCUT2D eigenvalue weighted by molar-refractivity contribution is -0.141. The van der Waals surface area contributed by atoms with Crippen LogP contribution in [-0.2, 0) is 20.9 Å². The van der Waals surface area contributed by atoms with E-state index in [1.807, 2.05) is 31.2 Å². The Labute approximate surface area is 153 Å². The standard InChI is InChI=1S/C20H23NO5/c1-3-25-17-9-6-16(7-10-17)8-11-19(22)21(13-12-20(23)24-2)15-18-5-4-14-26-18/h4-11,14H,3,12-13,15H2,1-2H3/b11-8+. The van der Waals surface area contributed by atoms with E-state index in [0.717, 1.165) is 11.3 Å². The normalized spacial score (nSPS) is 10.7. The summed E-state index contributed by atoms with van der Waals surface area (Å²) in [5.41, 5.74) is 0.882. The number of amides is 1. The van der Waals surface area contributed by atoms with Crippen molar-refractivity contribution < 1.29 is 23.5 Å². The second-order valence-electron chi connectivity index (χ2n) is 5.50. The molecule has 0 unspecified atom stereocenters. The third-order valence-electron chi connectivity index (χ3n) is 3.66. The number of methoxy groups -OCH3 is 1. The lowest BCUT2D eigenvalue weighted by atomic mass is 10.2. The fourth-order valence-corrected chi connectivity index (χ4v) is 2.30. The first-order valence-corrected chi connectivity index (χ1v) is 8.41. The van der Waals surface area contributed by atoms with E-state index < -0.39 is 0 Å². The van der Waals surface area contributed by atoms with E-state index >= 15 is 0 Å². The van der Waals surface area contributed by atoms with E-state index in [1.165, 1.54) is 13.2 Å². The molecule has 0 atom stereocenters. The van der Waals surface area contributed by atoms with Crippen molar-refractivity contribution in [1.82, 2.24) is 4.90 Å². The van der Waals surface area contributed by atoms with Crippen molar-refractivity contribution in [2.45, 2.75) is 19.9 Å². The van der Waals surface area contributed by atoms with Crippen LogP contribution in [0.4, 0.5) is 0 Å². The molecule has 26 heavy (non-hydrogen) atoms. The first-order valence-electron chi connectivity index (χ1n) is 8.41. The summed E-state index contributed by atoms with van der Waals surface area (Å²) in [4.78, 5) is 25.5. The Hall–Kier alpha value is -3.02. The monoisotopic (exact) mass is 357 g/mol. The van der Waals surface area contributed by atoms with Crippen molar-refractivity contribution in [2.75, 3.05) is 20.3 Å². The molecule has 1 amide bonds. The van der Waals surface area contributed by atoms with Gasteiger partial charge in [0.05, 0.1) is 32.9 Å². The third kappa shape index (κ3) is 6.12. The van der Waals surface area contributed by atoms with Crippen molar-refractivity contribution >= 4 is 18.0 Å². The maximum absolute atomic E-state index is 12.5. The maximum Gasteiger partial charge on any atom is 0.307 e. The molecule has 2 rings (SSSR count). The highest BCUT2D eigenvalue weighted by Gasteiger charge is 2.15. The van der Waals surface area contributed by atoms with Gasteiger partial charge in [-0.05, 0) is 42.8 Å². The number of rotatable bonds is 9. The minimum Gasteiger partial charge on any atom is -0.494 e. The number of nitrogens with zero attached hydrogens (tertiary/aromatic N) is 1. The first kappa shape index (κ1) is 19.3. The van der Waals surface area contributed by atoms with Crippen molar-refractivity contribution in [3.05, 3.63) is 60.1 Å². The van der Waals surface area contributed by atoms with Crippen LogP contribution in [0.3, 0.4) is 0 Å². The van der Waals surface area contributed by atoms with Crippen LogP contribution in [0.15, 0.2) is 53.2 Å². The molecule has 0 aliphatic rings. The summed E-state index contributed by atoms with van der Waals surface area (Å²) >= 11 is 0. The summed E-state index contributed by atoms with van der Waals surface area (Å²) in [6.45, 7) is 3.07. The van der Waals surface area contributed by atoms with Gasteiger partial charge in [0.2, 0.25) is 5.91 Å². The van der Waals surface area contributed by atoms with Crippen LogP contribution in [0.25, 0.3) is 6.08 Å². The van der Waals surface area contributed by atoms with E-state index in [9.17, 15) is 9.59 Å². The molecule has 1 heterocycles. The lowest BCUT2D eigenvalue weighted by Gasteiger charge is -2.19. The average Bonchev–Trinajstić information content (AvgIpc) is 3.17. The number of esters is 1. The quantitative estimate of drug-likeness (QED) is 0.509. The second kappa shape index (κ2) is 10.1. The molecule has 6 heteroatoms. The van der Waals surface area contributed by atoms with Crippen LogP contribution in [0, 0.1) is 0 Å². The van der Waals surface area contributed by atoms with Crippen molar-refractivity contribution in [2.24, 2.45) is 0 Å². The number of furan rings is 1. The largest absolute Gasteiger partial charge is 0.494 e.